The molecule has 0 aliphatic carbocycles. The number of nitrogens with zero attached hydrogens (tertiary/aromatic N) is 1. The van der Waals surface area contributed by atoms with E-state index in [2.05, 4.69) is 12.3 Å². The molecule has 0 N–H and O–H groups in total. The number of alkyl halides is 4. The average molecular weight is 436 g/mol. The molecule has 0 saturated carbocycles. The zero-order valence-corrected chi connectivity index (χ0v) is 17.5. The van der Waals surface area contributed by atoms with Crippen molar-refractivity contribution >= 4 is 28.9 Å². The van der Waals surface area contributed by atoms with Crippen molar-refractivity contribution in [3.8, 4) is 0 Å². The van der Waals surface area contributed by atoms with Gasteiger partial charge in [0.15, 0.2) is 0 Å². The molecule has 1 aromatic carbocycles. The molecule has 1 heterocycles. The van der Waals surface area contributed by atoms with Gasteiger partial charge >= 0.3 is 6.18 Å². The summed E-state index contributed by atoms with van der Waals surface area (Å²) in [4.78, 5) is 1.98. The summed E-state index contributed by atoms with van der Waals surface area (Å²) >= 11 is 12.4. The number of rotatable bonds is 8. The lowest BCUT2D eigenvalue weighted by atomic mass is 9.91. The molecule has 1 aliphatic rings. The number of piperidine rings is 1. The van der Waals surface area contributed by atoms with Crippen molar-refractivity contribution in [3.05, 3.63) is 46.9 Å². The van der Waals surface area contributed by atoms with E-state index in [-0.39, 0.29) is 18.8 Å². The van der Waals surface area contributed by atoms with E-state index in [9.17, 15) is 13.2 Å². The van der Waals surface area contributed by atoms with Crippen molar-refractivity contribution in [3.63, 3.8) is 0 Å². The molecular formula is C21H26Cl2F3NO. The maximum Gasteiger partial charge on any atom is 0.391 e. The molecule has 1 fully saturated rings. The summed E-state index contributed by atoms with van der Waals surface area (Å²) in [7, 11) is 0. The van der Waals surface area contributed by atoms with Gasteiger partial charge in [-0.3, -0.25) is 0 Å². The fourth-order valence-corrected chi connectivity index (χ4v) is 4.00. The van der Waals surface area contributed by atoms with Crippen molar-refractivity contribution in [2.45, 2.75) is 44.7 Å². The lowest BCUT2D eigenvalue weighted by Crippen LogP contribution is -2.39. The summed E-state index contributed by atoms with van der Waals surface area (Å²) < 4.78 is 44.5. The molecule has 0 amide bonds. The Balaban J connectivity index is 2.26. The van der Waals surface area contributed by atoms with Gasteiger partial charge in [0.25, 0.3) is 0 Å². The molecule has 0 bridgehead atoms. The highest BCUT2D eigenvalue weighted by atomic mass is 35.5. The van der Waals surface area contributed by atoms with Crippen LogP contribution in [-0.2, 0) is 4.74 Å². The summed E-state index contributed by atoms with van der Waals surface area (Å²) in [5.41, 5.74) is 4.60. The van der Waals surface area contributed by atoms with E-state index in [4.69, 9.17) is 27.9 Å². The second-order valence-corrected chi connectivity index (χ2v) is 7.65. The summed E-state index contributed by atoms with van der Waals surface area (Å²) in [5.74, 6) is -0.242. The van der Waals surface area contributed by atoms with Crippen molar-refractivity contribution in [2.75, 3.05) is 30.5 Å². The van der Waals surface area contributed by atoms with Gasteiger partial charge in [-0.05, 0) is 56.4 Å². The van der Waals surface area contributed by atoms with Gasteiger partial charge in [-0.15, -0.1) is 11.6 Å². The largest absolute Gasteiger partial charge is 0.490 e. The minimum absolute atomic E-state index is 0.105. The number of halogens is 5. The molecule has 1 unspecified atom stereocenters. The van der Waals surface area contributed by atoms with Gasteiger partial charge in [-0.1, -0.05) is 23.9 Å². The highest BCUT2D eigenvalue weighted by Gasteiger charge is 2.41. The zero-order chi connectivity index (χ0) is 20.7. The minimum atomic E-state index is -4.12. The Bertz CT molecular complexity index is 693. The molecule has 1 saturated heterocycles. The molecule has 28 heavy (non-hydrogen) atoms. The lowest BCUT2D eigenvalue weighted by molar-refractivity contribution is -0.179. The monoisotopic (exact) mass is 435 g/mol. The molecular weight excluding hydrogens is 410 g/mol. The Hall–Kier alpha value is -1.29. The average Bonchev–Trinajstić information content (AvgIpc) is 2.67. The Morgan fingerprint density at radius 1 is 1.36 bits per heavy atom. The van der Waals surface area contributed by atoms with Gasteiger partial charge in [0.1, 0.15) is 5.76 Å². The normalized spacial score (nSPS) is 16.6. The Morgan fingerprint density at radius 3 is 2.57 bits per heavy atom. The molecule has 2 rings (SSSR count). The summed E-state index contributed by atoms with van der Waals surface area (Å²) in [6.07, 6.45) is -2.42. The summed E-state index contributed by atoms with van der Waals surface area (Å²) in [5, 5.41) is 0.584. The first-order valence-electron chi connectivity index (χ1n) is 9.51. The highest BCUT2D eigenvalue weighted by Crippen LogP contribution is 2.39. The zero-order valence-electron chi connectivity index (χ0n) is 16.0. The van der Waals surface area contributed by atoms with Crippen LogP contribution in [0.25, 0.3) is 0 Å². The van der Waals surface area contributed by atoms with Crippen molar-refractivity contribution in [2.24, 2.45) is 5.92 Å². The van der Waals surface area contributed by atoms with Crippen LogP contribution in [0, 0.1) is 5.92 Å². The second kappa shape index (κ2) is 10.5. The van der Waals surface area contributed by atoms with Crippen LogP contribution in [0.5, 0.6) is 0 Å². The fourth-order valence-electron chi connectivity index (χ4n) is 3.60. The van der Waals surface area contributed by atoms with Crippen LogP contribution >= 0.6 is 23.2 Å². The van der Waals surface area contributed by atoms with E-state index in [0.29, 0.717) is 36.4 Å². The molecule has 1 aliphatic heterocycles. The summed E-state index contributed by atoms with van der Waals surface area (Å²) in [6, 6.07) is 5.60. The van der Waals surface area contributed by atoms with E-state index in [1.54, 1.807) is 6.07 Å². The number of hydrogen-bond acceptors (Lipinski definition) is 2. The standard InChI is InChI=1S/C21H26Cl2F3NO/c1-3-20(28-4-2)17(6-5-11-22)18-14-16(7-8-19(18)23)27-12-9-15(10-13-27)21(24,25)26/h7-8,14-15,17H,1,4-6,9-13H2,2H3. The van der Waals surface area contributed by atoms with Crippen LogP contribution in [0.1, 0.15) is 44.1 Å². The molecule has 7 heteroatoms. The summed E-state index contributed by atoms with van der Waals surface area (Å²) in [6.45, 7) is 6.84. The molecule has 1 atom stereocenters. The van der Waals surface area contributed by atoms with E-state index in [1.807, 2.05) is 24.0 Å². The molecule has 156 valence electrons. The Kier molecular flexibility index (Phi) is 8.60. The van der Waals surface area contributed by atoms with Gasteiger partial charge in [-0.2, -0.15) is 13.2 Å². The van der Waals surface area contributed by atoms with E-state index in [0.717, 1.165) is 24.1 Å². The van der Waals surface area contributed by atoms with Gasteiger partial charge in [-0.25, -0.2) is 0 Å². The first kappa shape index (κ1) is 23.0. The number of hydrogen-bond donors (Lipinski definition) is 0. The highest BCUT2D eigenvalue weighted by molar-refractivity contribution is 6.31. The maximum atomic E-state index is 12.9. The first-order chi connectivity index (χ1) is 13.3. The molecule has 2 nitrogen and oxygen atoms in total. The smallest absolute Gasteiger partial charge is 0.391 e. The van der Waals surface area contributed by atoms with Gasteiger partial charge in [0.2, 0.25) is 0 Å². The van der Waals surface area contributed by atoms with E-state index < -0.39 is 12.1 Å². The molecule has 0 radical (unpaired) electrons. The van der Waals surface area contributed by atoms with Crippen molar-refractivity contribution in [1.82, 2.24) is 0 Å². The van der Waals surface area contributed by atoms with Crippen molar-refractivity contribution in [1.29, 1.82) is 0 Å². The predicted molar refractivity (Wildman–Crippen MR) is 109 cm³/mol. The van der Waals surface area contributed by atoms with Crippen LogP contribution < -0.4 is 4.90 Å². The minimum Gasteiger partial charge on any atom is -0.490 e. The Labute approximate surface area is 174 Å². The topological polar surface area (TPSA) is 12.5 Å². The van der Waals surface area contributed by atoms with Crippen molar-refractivity contribution < 1.29 is 17.9 Å². The SMILES string of the molecule is C=C=C(OCC)C(CCCCl)c1cc(N2CCC(C(F)(F)F)CC2)ccc1Cl. The number of ether oxygens (including phenoxy) is 1. The lowest BCUT2D eigenvalue weighted by Gasteiger charge is -2.35. The molecule has 1 aromatic rings. The number of benzene rings is 1. The third kappa shape index (κ3) is 5.85. The van der Waals surface area contributed by atoms with Gasteiger partial charge in [0, 0.05) is 29.7 Å². The first-order valence-corrected chi connectivity index (χ1v) is 10.4. The Morgan fingerprint density at radius 2 is 2.04 bits per heavy atom. The third-order valence-corrected chi connectivity index (χ3v) is 5.71. The van der Waals surface area contributed by atoms with Gasteiger partial charge < -0.3 is 9.64 Å². The van der Waals surface area contributed by atoms with Crippen LogP contribution in [-0.4, -0.2) is 31.8 Å². The third-order valence-electron chi connectivity index (χ3n) is 5.10. The van der Waals surface area contributed by atoms with Crippen LogP contribution in [0.3, 0.4) is 0 Å². The maximum absolute atomic E-state index is 12.9. The quantitative estimate of drug-likeness (QED) is 0.249. The van der Waals surface area contributed by atoms with E-state index >= 15 is 0 Å². The predicted octanol–water partition coefficient (Wildman–Crippen LogP) is 6.93. The van der Waals surface area contributed by atoms with Crippen LogP contribution in [0.2, 0.25) is 5.02 Å². The number of allylic oxidation sites excluding steroid dienone is 1. The number of anilines is 1. The second-order valence-electron chi connectivity index (χ2n) is 6.87. The molecule has 0 spiro atoms. The van der Waals surface area contributed by atoms with Crippen LogP contribution in [0.4, 0.5) is 18.9 Å². The van der Waals surface area contributed by atoms with E-state index in [1.165, 1.54) is 0 Å². The van der Waals surface area contributed by atoms with Gasteiger partial charge in [0.05, 0.1) is 18.4 Å². The fraction of sp³-hybridized carbons (Fsp3) is 0.571. The van der Waals surface area contributed by atoms with Crippen LogP contribution in [0.15, 0.2) is 36.3 Å². The molecule has 0 aromatic heterocycles.